The zero-order valence-corrected chi connectivity index (χ0v) is 27.7. The number of hydrogen-bond donors (Lipinski definition) is 2. The molecule has 4 amide bonds. The molecular weight excluding hydrogens is 548 g/mol. The molecule has 3 rings (SSSR count). The van der Waals surface area contributed by atoms with Crippen LogP contribution in [-0.2, 0) is 19.1 Å². The monoisotopic (exact) mass is 602 g/mol. The van der Waals surface area contributed by atoms with Crippen molar-refractivity contribution in [3.8, 4) is 0 Å². The summed E-state index contributed by atoms with van der Waals surface area (Å²) < 4.78 is 11.4. The summed E-state index contributed by atoms with van der Waals surface area (Å²) in [5.74, 6) is 0.689. The van der Waals surface area contributed by atoms with Gasteiger partial charge >= 0.3 is 6.09 Å². The number of hydrogen-bond acceptors (Lipinski definition) is 6. The molecule has 6 atom stereocenters. The van der Waals surface area contributed by atoms with Crippen molar-refractivity contribution < 1.29 is 28.3 Å². The number of likely N-dealkylation sites (N-methyl/N-ethyl adjacent to an activating group) is 1. The lowest BCUT2D eigenvalue weighted by atomic mass is 9.83. The van der Waals surface area contributed by atoms with Crippen molar-refractivity contribution in [1.82, 2.24) is 20.4 Å². The molecule has 10 nitrogen and oxygen atoms in total. The first-order valence-corrected chi connectivity index (χ1v) is 16.1. The number of aryl methyl sites for hydroxylation is 1. The highest BCUT2D eigenvalue weighted by Crippen LogP contribution is 2.39. The number of ether oxygens (including phenoxy) is 1. The second kappa shape index (κ2) is 14.6. The van der Waals surface area contributed by atoms with E-state index in [9.17, 15) is 19.2 Å². The highest BCUT2D eigenvalue weighted by atomic mass is 16.6. The minimum Gasteiger partial charge on any atom is -0.464 e. The van der Waals surface area contributed by atoms with E-state index >= 15 is 0 Å². The van der Waals surface area contributed by atoms with Gasteiger partial charge < -0.3 is 24.7 Å². The Morgan fingerprint density at radius 3 is 2.23 bits per heavy atom. The standard InChI is InChI=1S/C33H54N4O6/c1-10-20(2)22(4)34-30(39)26-18-17-25(27-19-16-21(3)42-27)37(26)31(40)28(24-14-12-11-13-15-24)35-29(38)23(5)36(9)32(41)43-33(6,7)8/h16,19-20,22-26,28H,10-15,17-18H2,1-9H3,(H,34,39)(H,35,38)/t20?,22?,23?,25-,26+,28?/m1/s1. The van der Waals surface area contributed by atoms with Crippen molar-refractivity contribution in [2.24, 2.45) is 11.8 Å². The quantitative estimate of drug-likeness (QED) is 0.365. The van der Waals surface area contributed by atoms with Gasteiger partial charge in [-0.05, 0) is 91.2 Å². The highest BCUT2D eigenvalue weighted by molar-refractivity contribution is 5.94. The maximum atomic E-state index is 14.7. The largest absolute Gasteiger partial charge is 0.464 e. The maximum Gasteiger partial charge on any atom is 0.410 e. The molecule has 242 valence electrons. The third kappa shape index (κ3) is 8.76. The molecule has 2 aliphatic rings. The number of likely N-dealkylation sites (tertiary alicyclic amines) is 1. The number of nitrogens with zero attached hydrogens (tertiary/aromatic N) is 2. The molecule has 1 saturated heterocycles. The summed E-state index contributed by atoms with van der Waals surface area (Å²) >= 11 is 0. The Morgan fingerprint density at radius 2 is 1.67 bits per heavy atom. The van der Waals surface area contributed by atoms with Crippen molar-refractivity contribution in [2.45, 2.75) is 143 Å². The van der Waals surface area contributed by atoms with E-state index in [1.54, 1.807) is 32.6 Å². The summed E-state index contributed by atoms with van der Waals surface area (Å²) in [6.45, 7) is 15.0. The molecule has 1 aliphatic heterocycles. The lowest BCUT2D eigenvalue weighted by Gasteiger charge is -2.38. The summed E-state index contributed by atoms with van der Waals surface area (Å²) in [7, 11) is 1.52. The van der Waals surface area contributed by atoms with Crippen molar-refractivity contribution in [3.05, 3.63) is 23.7 Å². The SMILES string of the molecule is CCC(C)C(C)NC(=O)[C@@H]1CC[C@H](c2ccc(C)o2)N1C(=O)C(NC(=O)C(C)N(C)C(=O)OC(C)(C)C)C1CCCCC1. The molecule has 2 heterocycles. The average molecular weight is 603 g/mol. The van der Waals surface area contributed by atoms with Gasteiger partial charge in [-0.25, -0.2) is 4.79 Å². The Kier molecular flexibility index (Phi) is 11.7. The van der Waals surface area contributed by atoms with E-state index < -0.39 is 41.8 Å². The molecule has 1 aliphatic carbocycles. The summed E-state index contributed by atoms with van der Waals surface area (Å²) in [6.07, 6.45) is 6.00. The van der Waals surface area contributed by atoms with Crippen LogP contribution in [0.5, 0.6) is 0 Å². The zero-order chi connectivity index (χ0) is 32.1. The fourth-order valence-electron chi connectivity index (χ4n) is 6.06. The second-order valence-electron chi connectivity index (χ2n) is 13.6. The fraction of sp³-hybridized carbons (Fsp3) is 0.758. The molecule has 10 heteroatoms. The van der Waals surface area contributed by atoms with Gasteiger partial charge in [0.2, 0.25) is 17.7 Å². The number of furan rings is 1. The maximum absolute atomic E-state index is 14.7. The van der Waals surface area contributed by atoms with Gasteiger partial charge in [-0.3, -0.25) is 19.3 Å². The first-order chi connectivity index (χ1) is 20.1. The zero-order valence-electron chi connectivity index (χ0n) is 27.7. The summed E-state index contributed by atoms with van der Waals surface area (Å²) in [6, 6.07) is 0.893. The van der Waals surface area contributed by atoms with Crippen LogP contribution in [0.25, 0.3) is 0 Å². The van der Waals surface area contributed by atoms with Crippen molar-refractivity contribution in [3.63, 3.8) is 0 Å². The third-order valence-corrected chi connectivity index (χ3v) is 9.23. The van der Waals surface area contributed by atoms with Crippen molar-refractivity contribution in [1.29, 1.82) is 0 Å². The van der Waals surface area contributed by atoms with Gasteiger partial charge in [0, 0.05) is 13.1 Å². The van der Waals surface area contributed by atoms with Crippen LogP contribution >= 0.6 is 0 Å². The van der Waals surface area contributed by atoms with E-state index in [4.69, 9.17) is 9.15 Å². The summed E-state index contributed by atoms with van der Waals surface area (Å²) in [4.78, 5) is 57.6. The van der Waals surface area contributed by atoms with Crippen LogP contribution in [-0.4, -0.2) is 70.4 Å². The van der Waals surface area contributed by atoms with Gasteiger partial charge in [-0.15, -0.1) is 0 Å². The Hall–Kier alpha value is -3.04. The van der Waals surface area contributed by atoms with E-state index in [0.717, 1.165) is 44.3 Å². The molecule has 2 fully saturated rings. The first-order valence-electron chi connectivity index (χ1n) is 16.1. The fourth-order valence-corrected chi connectivity index (χ4v) is 6.06. The number of carbonyl (C=O) groups excluding carboxylic acids is 4. The third-order valence-electron chi connectivity index (χ3n) is 9.23. The second-order valence-corrected chi connectivity index (χ2v) is 13.6. The van der Waals surface area contributed by atoms with Gasteiger partial charge in [0.05, 0.1) is 6.04 Å². The normalized spacial score (nSPS) is 22.3. The molecule has 2 N–H and O–H groups in total. The lowest BCUT2D eigenvalue weighted by Crippen LogP contribution is -2.59. The van der Waals surface area contributed by atoms with Crippen LogP contribution in [0.4, 0.5) is 4.79 Å². The molecule has 0 spiro atoms. The Balaban J connectivity index is 1.92. The Labute approximate surface area is 257 Å². The van der Waals surface area contributed by atoms with E-state index in [-0.39, 0.29) is 29.7 Å². The molecule has 0 aromatic carbocycles. The van der Waals surface area contributed by atoms with Gasteiger partial charge in [-0.2, -0.15) is 0 Å². The Bertz CT molecular complexity index is 1120. The summed E-state index contributed by atoms with van der Waals surface area (Å²) in [5, 5.41) is 6.17. The van der Waals surface area contributed by atoms with E-state index in [1.165, 1.54) is 11.9 Å². The van der Waals surface area contributed by atoms with E-state index in [2.05, 4.69) is 24.5 Å². The minimum absolute atomic E-state index is 0.0440. The van der Waals surface area contributed by atoms with Crippen LogP contribution in [0.3, 0.4) is 0 Å². The number of carbonyl (C=O) groups is 4. The predicted molar refractivity (Wildman–Crippen MR) is 165 cm³/mol. The molecule has 0 bridgehead atoms. The van der Waals surface area contributed by atoms with Crippen LogP contribution in [0, 0.1) is 18.8 Å². The van der Waals surface area contributed by atoms with Crippen molar-refractivity contribution in [2.75, 3.05) is 7.05 Å². The van der Waals surface area contributed by atoms with E-state index in [0.29, 0.717) is 18.6 Å². The molecule has 1 aromatic rings. The molecule has 1 aromatic heterocycles. The average Bonchev–Trinajstić information content (AvgIpc) is 3.60. The van der Waals surface area contributed by atoms with E-state index in [1.807, 2.05) is 26.0 Å². The molecule has 1 saturated carbocycles. The van der Waals surface area contributed by atoms with Gasteiger partial charge in [-0.1, -0.05) is 39.5 Å². The van der Waals surface area contributed by atoms with Crippen molar-refractivity contribution >= 4 is 23.8 Å². The van der Waals surface area contributed by atoms with Crippen LogP contribution in [0.15, 0.2) is 16.5 Å². The first kappa shape index (κ1) is 34.5. The minimum atomic E-state index is -0.869. The number of rotatable bonds is 10. The molecule has 0 radical (unpaired) electrons. The summed E-state index contributed by atoms with van der Waals surface area (Å²) in [5.41, 5.74) is -0.709. The van der Waals surface area contributed by atoms with Gasteiger partial charge in [0.25, 0.3) is 0 Å². The predicted octanol–water partition coefficient (Wildman–Crippen LogP) is 5.49. The molecule has 4 unspecified atom stereocenters. The highest BCUT2D eigenvalue weighted by Gasteiger charge is 2.47. The van der Waals surface area contributed by atoms with Crippen LogP contribution in [0.1, 0.15) is 117 Å². The van der Waals surface area contributed by atoms with Crippen LogP contribution < -0.4 is 10.6 Å². The van der Waals surface area contributed by atoms with Gasteiger partial charge in [0.15, 0.2) is 0 Å². The molecule has 43 heavy (non-hydrogen) atoms. The van der Waals surface area contributed by atoms with Gasteiger partial charge in [0.1, 0.15) is 35.2 Å². The lowest BCUT2D eigenvalue weighted by molar-refractivity contribution is -0.146. The Morgan fingerprint density at radius 1 is 1.02 bits per heavy atom. The molecular formula is C33H54N4O6. The van der Waals surface area contributed by atoms with Crippen LogP contribution in [0.2, 0.25) is 0 Å². The topological polar surface area (TPSA) is 121 Å². The smallest absolute Gasteiger partial charge is 0.410 e. The number of amides is 4. The number of nitrogens with one attached hydrogen (secondary N) is 2.